The van der Waals surface area contributed by atoms with Crippen molar-refractivity contribution in [1.29, 1.82) is 0 Å². The largest absolute Gasteiger partial charge is 0.504 e. The number of ether oxygens (including phenoxy) is 4. The van der Waals surface area contributed by atoms with Gasteiger partial charge in [-0.3, -0.25) is 24.2 Å². The predicted molar refractivity (Wildman–Crippen MR) is 161 cm³/mol. The number of likely N-dealkylation sites (N-methyl/N-ethyl adjacent to an activating group) is 1. The highest BCUT2D eigenvalue weighted by molar-refractivity contribution is 5.89. The minimum absolute atomic E-state index is 0.0360. The summed E-state index contributed by atoms with van der Waals surface area (Å²) < 4.78 is 61.7. The van der Waals surface area contributed by atoms with Crippen molar-refractivity contribution in [3.05, 3.63) is 39.4 Å². The number of esters is 1. The first-order chi connectivity index (χ1) is 22.6. The average molecular weight is 679 g/mol. The van der Waals surface area contributed by atoms with Gasteiger partial charge in [-0.1, -0.05) is 6.07 Å². The number of hydrogen-bond acceptors (Lipinski definition) is 11. The first kappa shape index (κ1) is 33.6. The maximum absolute atomic E-state index is 13.1. The van der Waals surface area contributed by atoms with Gasteiger partial charge >= 0.3 is 18.1 Å². The van der Waals surface area contributed by atoms with Crippen LogP contribution >= 0.6 is 0 Å². The zero-order valence-electron chi connectivity index (χ0n) is 27.2. The predicted octanol–water partition coefficient (Wildman–Crippen LogP) is 2.05. The number of nitrogens with zero attached hydrogens (tertiary/aromatic N) is 2. The lowest BCUT2D eigenvalue weighted by atomic mass is 9.73. The number of carbonyl (C=O) groups excluding carboxylic acids is 3. The maximum Gasteiger partial charge on any atom is 0.471 e. The second kappa shape index (κ2) is 12.0. The molecule has 2 amide bonds. The molecule has 6 rings (SSSR count). The second-order valence-electron chi connectivity index (χ2n) is 12.6. The zero-order valence-corrected chi connectivity index (χ0v) is 27.2. The van der Waals surface area contributed by atoms with Crippen LogP contribution in [0.3, 0.4) is 0 Å². The highest BCUT2D eigenvalue weighted by Crippen LogP contribution is 2.58. The molecule has 0 aliphatic carbocycles. The highest BCUT2D eigenvalue weighted by Gasteiger charge is 2.56. The Kier molecular flexibility index (Phi) is 8.40. The smallest absolute Gasteiger partial charge is 0.471 e. The Morgan fingerprint density at radius 2 is 1.79 bits per heavy atom. The first-order valence-corrected chi connectivity index (χ1v) is 15.4. The molecule has 1 fully saturated rings. The number of piperazine rings is 1. The monoisotopic (exact) mass is 678 g/mol. The molecule has 2 aromatic rings. The van der Waals surface area contributed by atoms with E-state index < -0.39 is 60.4 Å². The number of amides is 2. The molecule has 260 valence electrons. The molecule has 1 saturated heterocycles. The Bertz CT molecular complexity index is 1700. The van der Waals surface area contributed by atoms with Crippen LogP contribution in [0.4, 0.5) is 13.2 Å². The summed E-state index contributed by atoms with van der Waals surface area (Å²) >= 11 is 0. The number of aryl methyl sites for hydroxylation is 1. The molecule has 4 aliphatic rings. The van der Waals surface area contributed by atoms with Crippen molar-refractivity contribution in [2.45, 2.75) is 83.1 Å². The molecule has 0 spiro atoms. The number of benzene rings is 2. The number of phenolic OH excluding ortho intramolecular Hbond substituents is 1. The third-order valence-corrected chi connectivity index (χ3v) is 9.81. The van der Waals surface area contributed by atoms with E-state index in [1.165, 1.54) is 14.0 Å². The van der Waals surface area contributed by atoms with Gasteiger partial charge in [0.2, 0.25) is 12.7 Å². The fraction of sp³-hybridized carbons (Fsp3) is 0.531. The SMILES string of the molecule is COc1c(C)cc2c(c1O)[C@H]1C3Cc4c(OC(C)=O)c(C)c5c(c4[C@H](CNC(=O)[C@H](C)NC(=O)C(F)(F)F)N3[C@@H](O)[C@@H](C2)N1C)OCO5. The van der Waals surface area contributed by atoms with Gasteiger partial charge in [-0.15, -0.1) is 0 Å². The number of hydrogen-bond donors (Lipinski definition) is 4. The molecular weight excluding hydrogens is 641 g/mol. The van der Waals surface area contributed by atoms with E-state index in [-0.39, 0.29) is 31.3 Å². The minimum Gasteiger partial charge on any atom is -0.504 e. The summed E-state index contributed by atoms with van der Waals surface area (Å²) in [7, 11) is 3.31. The third kappa shape index (κ3) is 5.26. The van der Waals surface area contributed by atoms with E-state index in [1.54, 1.807) is 17.1 Å². The van der Waals surface area contributed by atoms with Crippen molar-refractivity contribution < 1.29 is 56.7 Å². The van der Waals surface area contributed by atoms with Gasteiger partial charge in [-0.05, 0) is 51.8 Å². The van der Waals surface area contributed by atoms with Crippen molar-refractivity contribution in [3.63, 3.8) is 0 Å². The number of phenols is 1. The van der Waals surface area contributed by atoms with Crippen LogP contribution in [0.2, 0.25) is 0 Å². The normalized spacial score (nSPS) is 24.9. The van der Waals surface area contributed by atoms with E-state index in [4.69, 9.17) is 18.9 Å². The standard InChI is InChI=1S/C32H37F3N4O9/c1-12-7-16-8-19-30(43)39-18(23(38(19)5)21(16)24(41)25(12)45-6)9-17-22(28-27(46-11-47-28)13(2)26(17)48-15(4)40)20(39)10-36-29(42)14(3)37-31(44)32(33,34)35/h7,14,18-20,23,30,41,43H,8-11H2,1-6H3,(H,36,42)(H,37,44)/t14-,18?,19+,20-,23+,30-/m0/s1. The fourth-order valence-corrected chi connectivity index (χ4v) is 7.81. The Labute approximate surface area is 273 Å². The van der Waals surface area contributed by atoms with Crippen molar-refractivity contribution in [2.24, 2.45) is 0 Å². The molecule has 4 aliphatic heterocycles. The molecule has 4 heterocycles. The summed E-state index contributed by atoms with van der Waals surface area (Å²) in [5.41, 5.74) is 3.70. The number of aromatic hydroxyl groups is 1. The number of fused-ring (bicyclic) bond motifs is 9. The number of rotatable bonds is 6. The lowest BCUT2D eigenvalue weighted by Crippen LogP contribution is -2.69. The van der Waals surface area contributed by atoms with E-state index in [0.717, 1.165) is 18.1 Å². The molecular formula is C32H37F3N4O9. The molecule has 13 nitrogen and oxygen atoms in total. The number of nitrogens with one attached hydrogen (secondary N) is 2. The van der Waals surface area contributed by atoms with Crippen molar-refractivity contribution in [3.8, 4) is 28.7 Å². The summed E-state index contributed by atoms with van der Waals surface area (Å²) in [5.74, 6) is -2.61. The Morgan fingerprint density at radius 1 is 1.10 bits per heavy atom. The molecule has 0 saturated carbocycles. The number of methoxy groups -OCH3 is 1. The Balaban J connectivity index is 1.49. The number of aliphatic hydroxyl groups is 1. The van der Waals surface area contributed by atoms with Crippen molar-refractivity contribution in [2.75, 3.05) is 27.5 Å². The van der Waals surface area contributed by atoms with Crippen LogP contribution in [0.15, 0.2) is 6.07 Å². The average Bonchev–Trinajstić information content (AvgIpc) is 3.50. The molecule has 1 unspecified atom stereocenters. The summed E-state index contributed by atoms with van der Waals surface area (Å²) in [6, 6.07) is -2.09. The molecule has 6 atom stereocenters. The van der Waals surface area contributed by atoms with Gasteiger partial charge in [0.1, 0.15) is 18.0 Å². The summed E-state index contributed by atoms with van der Waals surface area (Å²) in [6.45, 7) is 5.52. The summed E-state index contributed by atoms with van der Waals surface area (Å²) in [5, 5.41) is 28.0. The van der Waals surface area contributed by atoms with Gasteiger partial charge in [0.05, 0.1) is 25.2 Å². The molecule has 4 N–H and O–H groups in total. The Morgan fingerprint density at radius 3 is 2.44 bits per heavy atom. The van der Waals surface area contributed by atoms with Crippen molar-refractivity contribution in [1.82, 2.24) is 20.4 Å². The van der Waals surface area contributed by atoms with Gasteiger partial charge in [0.15, 0.2) is 23.0 Å². The van der Waals surface area contributed by atoms with Crippen LogP contribution in [-0.4, -0.2) is 95.8 Å². The lowest BCUT2D eigenvalue weighted by Gasteiger charge is -2.60. The Hall–Kier alpha value is -4.28. The van der Waals surface area contributed by atoms with E-state index in [0.29, 0.717) is 45.9 Å². The van der Waals surface area contributed by atoms with Crippen LogP contribution in [-0.2, 0) is 27.2 Å². The van der Waals surface area contributed by atoms with Crippen LogP contribution in [0, 0.1) is 13.8 Å². The number of halogens is 3. The summed E-state index contributed by atoms with van der Waals surface area (Å²) in [6.07, 6.45) is -5.76. The van der Waals surface area contributed by atoms with E-state index in [2.05, 4.69) is 5.32 Å². The fourth-order valence-electron chi connectivity index (χ4n) is 7.81. The summed E-state index contributed by atoms with van der Waals surface area (Å²) in [4.78, 5) is 40.8. The van der Waals surface area contributed by atoms with E-state index in [1.807, 2.05) is 24.9 Å². The highest BCUT2D eigenvalue weighted by atomic mass is 19.4. The molecule has 2 bridgehead atoms. The maximum atomic E-state index is 13.1. The molecule has 0 radical (unpaired) electrons. The second-order valence-corrected chi connectivity index (χ2v) is 12.6. The number of aliphatic hydroxyl groups excluding tert-OH is 1. The number of carbonyl (C=O) groups is 3. The van der Waals surface area contributed by atoms with Crippen LogP contribution in [0.5, 0.6) is 28.7 Å². The van der Waals surface area contributed by atoms with Crippen LogP contribution < -0.4 is 29.6 Å². The van der Waals surface area contributed by atoms with Gasteiger partial charge in [0.25, 0.3) is 0 Å². The molecule has 16 heteroatoms. The number of alkyl halides is 3. The topological polar surface area (TPSA) is 159 Å². The van der Waals surface area contributed by atoms with Gasteiger partial charge in [0, 0.05) is 41.8 Å². The first-order valence-electron chi connectivity index (χ1n) is 15.4. The van der Waals surface area contributed by atoms with E-state index >= 15 is 0 Å². The lowest BCUT2D eigenvalue weighted by molar-refractivity contribution is -0.175. The molecule has 2 aromatic carbocycles. The molecule has 48 heavy (non-hydrogen) atoms. The molecule has 0 aromatic heterocycles. The van der Waals surface area contributed by atoms with Gasteiger partial charge < -0.3 is 39.8 Å². The quantitative estimate of drug-likeness (QED) is 0.262. The van der Waals surface area contributed by atoms with Gasteiger partial charge in [-0.25, -0.2) is 0 Å². The van der Waals surface area contributed by atoms with Crippen LogP contribution in [0.1, 0.15) is 59.3 Å². The van der Waals surface area contributed by atoms with E-state index in [9.17, 15) is 37.8 Å². The zero-order chi connectivity index (χ0) is 35.0. The van der Waals surface area contributed by atoms with Crippen LogP contribution in [0.25, 0.3) is 0 Å². The van der Waals surface area contributed by atoms with Gasteiger partial charge in [-0.2, -0.15) is 13.2 Å². The minimum atomic E-state index is -5.18. The van der Waals surface area contributed by atoms with Crippen molar-refractivity contribution >= 4 is 17.8 Å². The third-order valence-electron chi connectivity index (χ3n) is 9.81.